The van der Waals surface area contributed by atoms with Crippen LogP contribution in [0.4, 0.5) is 5.82 Å². The summed E-state index contributed by atoms with van der Waals surface area (Å²) in [6.07, 6.45) is 0.943. The summed E-state index contributed by atoms with van der Waals surface area (Å²) in [6.45, 7) is 0.883. The maximum Gasteiger partial charge on any atom is 0.306 e. The molecule has 1 amide bonds. The lowest BCUT2D eigenvalue weighted by atomic mass is 9.97. The first-order valence-electron chi connectivity index (χ1n) is 6.46. The van der Waals surface area contributed by atoms with Crippen molar-refractivity contribution < 1.29 is 14.7 Å². The summed E-state index contributed by atoms with van der Waals surface area (Å²) < 4.78 is 0. The number of nitrogens with zero attached hydrogens (tertiary/aromatic N) is 2. The van der Waals surface area contributed by atoms with Crippen LogP contribution in [-0.2, 0) is 9.59 Å². The molecular weight excluding hydrogens is 296 g/mol. The molecular formula is C12H16N4O4S. The van der Waals surface area contributed by atoms with Gasteiger partial charge < -0.3 is 20.7 Å². The van der Waals surface area contributed by atoms with Crippen LogP contribution >= 0.6 is 11.8 Å². The molecule has 1 saturated heterocycles. The molecule has 0 aromatic carbocycles. The number of carboxylic acid groups (broad SMARTS) is 1. The zero-order valence-electron chi connectivity index (χ0n) is 11.2. The van der Waals surface area contributed by atoms with E-state index in [-0.39, 0.29) is 29.0 Å². The SMILES string of the molecule is Nc1cc(=O)[nH]c(SCC(=O)N2CCC(C(=O)O)CC2)n1. The molecule has 21 heavy (non-hydrogen) atoms. The van der Waals surface area contributed by atoms with Crippen LogP contribution in [0.25, 0.3) is 0 Å². The first kappa shape index (κ1) is 15.4. The number of likely N-dealkylation sites (tertiary alicyclic amines) is 1. The van der Waals surface area contributed by atoms with Crippen molar-refractivity contribution in [3.8, 4) is 0 Å². The van der Waals surface area contributed by atoms with E-state index in [1.54, 1.807) is 4.90 Å². The normalized spacial score (nSPS) is 15.9. The van der Waals surface area contributed by atoms with Crippen LogP contribution in [0, 0.1) is 5.92 Å². The average Bonchev–Trinajstić information content (AvgIpc) is 2.44. The van der Waals surface area contributed by atoms with Gasteiger partial charge in [0.2, 0.25) is 5.91 Å². The van der Waals surface area contributed by atoms with Crippen LogP contribution in [0.5, 0.6) is 0 Å². The number of carbonyl (C=O) groups is 2. The van der Waals surface area contributed by atoms with Crippen LogP contribution in [0.2, 0.25) is 0 Å². The second kappa shape index (κ2) is 6.61. The maximum absolute atomic E-state index is 12.0. The minimum Gasteiger partial charge on any atom is -0.481 e. The third-order valence-electron chi connectivity index (χ3n) is 3.27. The lowest BCUT2D eigenvalue weighted by molar-refractivity contribution is -0.145. The van der Waals surface area contributed by atoms with Crippen LogP contribution in [0.15, 0.2) is 16.0 Å². The number of H-pyrrole nitrogens is 1. The fourth-order valence-electron chi connectivity index (χ4n) is 2.12. The van der Waals surface area contributed by atoms with Crippen molar-refractivity contribution in [2.45, 2.75) is 18.0 Å². The van der Waals surface area contributed by atoms with Gasteiger partial charge in [0, 0.05) is 19.2 Å². The minimum absolute atomic E-state index is 0.103. The van der Waals surface area contributed by atoms with Crippen molar-refractivity contribution in [2.75, 3.05) is 24.6 Å². The van der Waals surface area contributed by atoms with Crippen molar-refractivity contribution in [1.29, 1.82) is 0 Å². The smallest absolute Gasteiger partial charge is 0.306 e. The second-order valence-corrected chi connectivity index (χ2v) is 5.72. The number of rotatable bonds is 4. The Hall–Kier alpha value is -2.03. The lowest BCUT2D eigenvalue weighted by Crippen LogP contribution is -2.41. The number of thioether (sulfide) groups is 1. The molecule has 1 aliphatic rings. The standard InChI is InChI=1S/C12H16N4O4S/c13-8-5-9(17)15-12(14-8)21-6-10(18)16-3-1-7(2-4-16)11(19)20/h5,7H,1-4,6H2,(H,19,20)(H3,13,14,15,17). The van der Waals surface area contributed by atoms with E-state index < -0.39 is 5.97 Å². The highest BCUT2D eigenvalue weighted by atomic mass is 32.2. The molecule has 0 radical (unpaired) electrons. The number of amides is 1. The van der Waals surface area contributed by atoms with Crippen molar-refractivity contribution >= 4 is 29.5 Å². The molecule has 1 aromatic rings. The topological polar surface area (TPSA) is 129 Å². The molecule has 4 N–H and O–H groups in total. The van der Waals surface area contributed by atoms with Gasteiger partial charge >= 0.3 is 5.97 Å². The van der Waals surface area contributed by atoms with Crippen LogP contribution in [0.1, 0.15) is 12.8 Å². The molecule has 2 heterocycles. The molecule has 0 unspecified atom stereocenters. The Bertz CT molecular complexity index is 595. The Kier molecular flexibility index (Phi) is 4.84. The summed E-state index contributed by atoms with van der Waals surface area (Å²) in [7, 11) is 0. The zero-order valence-corrected chi connectivity index (χ0v) is 12.1. The molecule has 114 valence electrons. The van der Waals surface area contributed by atoms with Gasteiger partial charge in [-0.15, -0.1) is 0 Å². The van der Waals surface area contributed by atoms with Crippen LogP contribution in [-0.4, -0.2) is 50.7 Å². The van der Waals surface area contributed by atoms with E-state index in [2.05, 4.69) is 9.97 Å². The largest absolute Gasteiger partial charge is 0.481 e. The molecule has 1 aliphatic heterocycles. The number of aromatic nitrogens is 2. The second-order valence-electron chi connectivity index (χ2n) is 4.76. The van der Waals surface area contributed by atoms with Crippen molar-refractivity contribution in [3.05, 3.63) is 16.4 Å². The maximum atomic E-state index is 12.0. The third kappa shape index (κ3) is 4.22. The molecule has 0 aliphatic carbocycles. The molecule has 0 atom stereocenters. The van der Waals surface area contributed by atoms with E-state index in [4.69, 9.17) is 10.8 Å². The van der Waals surface area contributed by atoms with E-state index in [1.165, 1.54) is 6.07 Å². The number of nitrogen functional groups attached to an aromatic ring is 1. The fraction of sp³-hybridized carbons (Fsp3) is 0.500. The number of carboxylic acids is 1. The highest BCUT2D eigenvalue weighted by molar-refractivity contribution is 7.99. The molecule has 1 fully saturated rings. The number of aliphatic carboxylic acids is 1. The van der Waals surface area contributed by atoms with Crippen LogP contribution in [0.3, 0.4) is 0 Å². The summed E-state index contributed by atoms with van der Waals surface area (Å²) in [5.41, 5.74) is 5.10. The Morgan fingerprint density at radius 1 is 1.48 bits per heavy atom. The van der Waals surface area contributed by atoms with E-state index in [0.717, 1.165) is 11.8 Å². The predicted octanol–water partition coefficient (Wildman–Crippen LogP) is -0.233. The number of carbonyl (C=O) groups excluding carboxylic acids is 1. The number of piperidine rings is 1. The number of aromatic amines is 1. The van der Waals surface area contributed by atoms with Gasteiger partial charge in [0.1, 0.15) is 5.82 Å². The number of hydrogen-bond donors (Lipinski definition) is 3. The Labute approximate surface area is 124 Å². The average molecular weight is 312 g/mol. The van der Waals surface area contributed by atoms with Gasteiger partial charge in [0.15, 0.2) is 5.16 Å². The molecule has 8 nitrogen and oxygen atoms in total. The molecule has 0 bridgehead atoms. The van der Waals surface area contributed by atoms with Gasteiger partial charge in [0.05, 0.1) is 11.7 Å². The van der Waals surface area contributed by atoms with E-state index in [1.807, 2.05) is 0 Å². The number of hydrogen-bond acceptors (Lipinski definition) is 6. The quantitative estimate of drug-likeness (QED) is 0.517. The molecule has 2 rings (SSSR count). The van der Waals surface area contributed by atoms with Gasteiger partial charge in [-0.3, -0.25) is 14.4 Å². The van der Waals surface area contributed by atoms with Gasteiger partial charge in [-0.05, 0) is 12.8 Å². The fourth-order valence-corrected chi connectivity index (χ4v) is 2.90. The third-order valence-corrected chi connectivity index (χ3v) is 4.13. The molecule has 0 saturated carbocycles. The van der Waals surface area contributed by atoms with Crippen molar-refractivity contribution in [2.24, 2.45) is 5.92 Å². The Morgan fingerprint density at radius 3 is 2.71 bits per heavy atom. The summed E-state index contributed by atoms with van der Waals surface area (Å²) >= 11 is 1.10. The number of anilines is 1. The van der Waals surface area contributed by atoms with E-state index in [9.17, 15) is 14.4 Å². The highest BCUT2D eigenvalue weighted by Gasteiger charge is 2.26. The van der Waals surface area contributed by atoms with Gasteiger partial charge in [-0.1, -0.05) is 11.8 Å². The van der Waals surface area contributed by atoms with Gasteiger partial charge in [-0.2, -0.15) is 0 Å². The first-order valence-corrected chi connectivity index (χ1v) is 7.44. The van der Waals surface area contributed by atoms with Gasteiger partial charge in [0.25, 0.3) is 5.56 Å². The summed E-state index contributed by atoms with van der Waals surface area (Å²) in [5.74, 6) is -1.04. The molecule has 1 aromatic heterocycles. The molecule has 0 spiro atoms. The number of nitrogens with one attached hydrogen (secondary N) is 1. The minimum atomic E-state index is -0.807. The lowest BCUT2D eigenvalue weighted by Gasteiger charge is -2.30. The van der Waals surface area contributed by atoms with Gasteiger partial charge in [-0.25, -0.2) is 4.98 Å². The summed E-state index contributed by atoms with van der Waals surface area (Å²) in [4.78, 5) is 42.1. The number of nitrogens with two attached hydrogens (primary N) is 1. The monoisotopic (exact) mass is 312 g/mol. The van der Waals surface area contributed by atoms with Crippen molar-refractivity contribution in [3.63, 3.8) is 0 Å². The zero-order chi connectivity index (χ0) is 15.4. The Morgan fingerprint density at radius 2 is 2.14 bits per heavy atom. The Balaban J connectivity index is 1.85. The first-order chi connectivity index (χ1) is 9.95. The van der Waals surface area contributed by atoms with Crippen LogP contribution < -0.4 is 11.3 Å². The summed E-state index contributed by atoms with van der Waals surface area (Å²) in [5, 5.41) is 9.21. The molecule has 9 heteroatoms. The predicted molar refractivity (Wildman–Crippen MR) is 76.9 cm³/mol. The highest BCUT2D eigenvalue weighted by Crippen LogP contribution is 2.19. The summed E-state index contributed by atoms with van der Waals surface area (Å²) in [6, 6.07) is 1.17. The van der Waals surface area contributed by atoms with E-state index >= 15 is 0 Å². The van der Waals surface area contributed by atoms with E-state index in [0.29, 0.717) is 31.1 Å². The van der Waals surface area contributed by atoms with Crippen molar-refractivity contribution in [1.82, 2.24) is 14.9 Å².